The lowest BCUT2D eigenvalue weighted by atomic mass is 9.98. The maximum absolute atomic E-state index is 3.68. The van der Waals surface area contributed by atoms with Crippen LogP contribution in [0.1, 0.15) is 26.7 Å². The molecule has 1 aliphatic rings. The first kappa shape index (κ1) is 14.4. The van der Waals surface area contributed by atoms with Crippen molar-refractivity contribution in [3.8, 4) is 0 Å². The van der Waals surface area contributed by atoms with E-state index in [-0.39, 0.29) is 5.54 Å². The van der Waals surface area contributed by atoms with E-state index in [4.69, 9.17) is 0 Å². The van der Waals surface area contributed by atoms with Crippen LogP contribution in [-0.4, -0.2) is 25.2 Å². The predicted molar refractivity (Wildman–Crippen MR) is 85.4 cm³/mol. The summed E-state index contributed by atoms with van der Waals surface area (Å²) in [5.74, 6) is 0. The highest BCUT2D eigenvalue weighted by atomic mass is 79.9. The van der Waals surface area contributed by atoms with Crippen LogP contribution in [0, 0.1) is 0 Å². The molecule has 1 unspecified atom stereocenters. The fourth-order valence-electron chi connectivity index (χ4n) is 2.44. The molecule has 0 bridgehead atoms. The first-order valence-corrected chi connectivity index (χ1v) is 8.08. The van der Waals surface area contributed by atoms with E-state index in [0.29, 0.717) is 0 Å². The Kier molecular flexibility index (Phi) is 4.73. The summed E-state index contributed by atoms with van der Waals surface area (Å²) >= 11 is 7.35. The third-order valence-corrected chi connectivity index (χ3v) is 5.01. The highest BCUT2D eigenvalue weighted by molar-refractivity contribution is 9.11. The maximum Gasteiger partial charge on any atom is 0.0655 e. The average molecular weight is 376 g/mol. The van der Waals surface area contributed by atoms with Crippen molar-refractivity contribution in [1.29, 1.82) is 0 Å². The van der Waals surface area contributed by atoms with Gasteiger partial charge in [-0.15, -0.1) is 0 Å². The van der Waals surface area contributed by atoms with Crippen molar-refractivity contribution in [3.05, 3.63) is 27.1 Å². The van der Waals surface area contributed by atoms with Gasteiger partial charge in [0.2, 0.25) is 0 Å². The average Bonchev–Trinajstić information content (AvgIpc) is 2.52. The fraction of sp³-hybridized carbons (Fsp3) is 0.571. The molecule has 2 nitrogen and oxygen atoms in total. The molecule has 1 fully saturated rings. The molecule has 0 aliphatic carbocycles. The zero-order chi connectivity index (χ0) is 13.2. The minimum Gasteiger partial charge on any atom is -0.368 e. The fourth-order valence-corrected chi connectivity index (χ4v) is 3.94. The Morgan fingerprint density at radius 1 is 1.33 bits per heavy atom. The van der Waals surface area contributed by atoms with Gasteiger partial charge in [0.25, 0.3) is 0 Å². The summed E-state index contributed by atoms with van der Waals surface area (Å²) < 4.78 is 2.33. The second-order valence-electron chi connectivity index (χ2n) is 5.19. The lowest BCUT2D eigenvalue weighted by Crippen LogP contribution is -2.48. The normalized spacial score (nSPS) is 25.0. The van der Waals surface area contributed by atoms with Crippen molar-refractivity contribution in [1.82, 2.24) is 5.32 Å². The van der Waals surface area contributed by atoms with Crippen LogP contribution < -0.4 is 10.2 Å². The van der Waals surface area contributed by atoms with E-state index in [9.17, 15) is 0 Å². The Morgan fingerprint density at radius 2 is 2.00 bits per heavy atom. The van der Waals surface area contributed by atoms with Crippen LogP contribution in [0.2, 0.25) is 0 Å². The molecule has 0 saturated carbocycles. The van der Waals surface area contributed by atoms with E-state index in [1.807, 2.05) is 0 Å². The third-order valence-electron chi connectivity index (χ3n) is 3.73. The van der Waals surface area contributed by atoms with Gasteiger partial charge in [-0.1, -0.05) is 13.0 Å². The number of rotatable bonds is 2. The number of nitrogens with one attached hydrogen (secondary N) is 1. The standard InChI is InChI=1S/C14H20Br2N2/c1-3-14(2)10-18(9-5-8-17-14)13-11(15)6-4-7-12(13)16/h4,6-7,17H,3,5,8-10H2,1-2H3. The van der Waals surface area contributed by atoms with Crippen LogP contribution in [0.3, 0.4) is 0 Å². The summed E-state index contributed by atoms with van der Waals surface area (Å²) in [7, 11) is 0. The molecule has 0 aromatic heterocycles. The van der Waals surface area contributed by atoms with E-state index in [2.05, 4.69) is 74.1 Å². The first-order valence-electron chi connectivity index (χ1n) is 6.50. The van der Waals surface area contributed by atoms with Crippen molar-refractivity contribution >= 4 is 37.5 Å². The number of nitrogens with zero attached hydrogens (tertiary/aromatic N) is 1. The van der Waals surface area contributed by atoms with Gasteiger partial charge in [-0.05, 0) is 70.3 Å². The van der Waals surface area contributed by atoms with Crippen LogP contribution in [0.4, 0.5) is 5.69 Å². The molecule has 18 heavy (non-hydrogen) atoms. The van der Waals surface area contributed by atoms with Crippen LogP contribution in [0.15, 0.2) is 27.1 Å². The van der Waals surface area contributed by atoms with Gasteiger partial charge in [0, 0.05) is 27.6 Å². The predicted octanol–water partition coefficient (Wildman–Crippen LogP) is 4.18. The van der Waals surface area contributed by atoms with Gasteiger partial charge in [-0.25, -0.2) is 0 Å². The van der Waals surface area contributed by atoms with E-state index in [1.54, 1.807) is 0 Å². The molecule has 0 radical (unpaired) electrons. The Balaban J connectivity index is 2.31. The Hall–Kier alpha value is -0.0600. The Morgan fingerprint density at radius 3 is 2.61 bits per heavy atom. The minimum absolute atomic E-state index is 0.200. The van der Waals surface area contributed by atoms with Crippen molar-refractivity contribution in [3.63, 3.8) is 0 Å². The van der Waals surface area contributed by atoms with Crippen LogP contribution in [0.5, 0.6) is 0 Å². The molecule has 1 aromatic carbocycles. The Labute approximate surface area is 126 Å². The summed E-state index contributed by atoms with van der Waals surface area (Å²) in [4.78, 5) is 2.48. The van der Waals surface area contributed by atoms with Crippen molar-refractivity contribution in [2.45, 2.75) is 32.2 Å². The van der Waals surface area contributed by atoms with Gasteiger partial charge >= 0.3 is 0 Å². The highest BCUT2D eigenvalue weighted by Gasteiger charge is 2.28. The molecule has 1 aromatic rings. The topological polar surface area (TPSA) is 15.3 Å². The first-order chi connectivity index (χ1) is 8.56. The number of hydrogen-bond acceptors (Lipinski definition) is 2. The smallest absolute Gasteiger partial charge is 0.0655 e. The third kappa shape index (κ3) is 3.09. The van der Waals surface area contributed by atoms with E-state index >= 15 is 0 Å². The van der Waals surface area contributed by atoms with E-state index in [1.165, 1.54) is 12.1 Å². The number of para-hydroxylation sites is 1. The van der Waals surface area contributed by atoms with Crippen LogP contribution >= 0.6 is 31.9 Å². The summed E-state index contributed by atoms with van der Waals surface area (Å²) in [5, 5.41) is 3.67. The second kappa shape index (κ2) is 5.93. The van der Waals surface area contributed by atoms with Gasteiger partial charge in [-0.2, -0.15) is 0 Å². The zero-order valence-electron chi connectivity index (χ0n) is 11.0. The molecule has 1 heterocycles. The summed E-state index contributed by atoms with van der Waals surface area (Å²) in [5.41, 5.74) is 1.48. The zero-order valence-corrected chi connectivity index (χ0v) is 14.1. The maximum atomic E-state index is 3.68. The molecule has 1 aliphatic heterocycles. The van der Waals surface area contributed by atoms with Gasteiger partial charge in [0.05, 0.1) is 5.69 Å². The SMILES string of the molecule is CCC1(C)CN(c2c(Br)cccc2Br)CCCN1. The van der Waals surface area contributed by atoms with Gasteiger partial charge < -0.3 is 10.2 Å². The van der Waals surface area contributed by atoms with Crippen molar-refractivity contribution < 1.29 is 0 Å². The summed E-state index contributed by atoms with van der Waals surface area (Å²) in [6.07, 6.45) is 2.33. The molecular formula is C14H20Br2N2. The van der Waals surface area contributed by atoms with Crippen LogP contribution in [0.25, 0.3) is 0 Å². The molecule has 0 amide bonds. The molecule has 1 N–H and O–H groups in total. The van der Waals surface area contributed by atoms with Crippen molar-refractivity contribution in [2.75, 3.05) is 24.5 Å². The number of hydrogen-bond donors (Lipinski definition) is 1. The molecule has 4 heteroatoms. The number of halogens is 2. The van der Waals surface area contributed by atoms with E-state index in [0.717, 1.165) is 35.0 Å². The molecule has 0 spiro atoms. The second-order valence-corrected chi connectivity index (χ2v) is 6.90. The highest BCUT2D eigenvalue weighted by Crippen LogP contribution is 2.35. The van der Waals surface area contributed by atoms with E-state index < -0.39 is 0 Å². The van der Waals surface area contributed by atoms with Gasteiger partial charge in [0.1, 0.15) is 0 Å². The Bertz CT molecular complexity index is 402. The monoisotopic (exact) mass is 374 g/mol. The quantitative estimate of drug-likeness (QED) is 0.833. The molecule has 2 rings (SSSR count). The lowest BCUT2D eigenvalue weighted by Gasteiger charge is -2.34. The van der Waals surface area contributed by atoms with Gasteiger partial charge in [0.15, 0.2) is 0 Å². The number of anilines is 1. The largest absolute Gasteiger partial charge is 0.368 e. The van der Waals surface area contributed by atoms with Crippen molar-refractivity contribution in [2.24, 2.45) is 0 Å². The molecular weight excluding hydrogens is 356 g/mol. The molecule has 1 atom stereocenters. The molecule has 100 valence electrons. The molecule has 1 saturated heterocycles. The van der Waals surface area contributed by atoms with Gasteiger partial charge in [-0.3, -0.25) is 0 Å². The summed E-state index contributed by atoms with van der Waals surface area (Å²) in [6, 6.07) is 6.29. The summed E-state index contributed by atoms with van der Waals surface area (Å²) in [6.45, 7) is 7.82. The lowest BCUT2D eigenvalue weighted by molar-refractivity contribution is 0.366. The number of benzene rings is 1. The van der Waals surface area contributed by atoms with Crippen LogP contribution in [-0.2, 0) is 0 Å². The minimum atomic E-state index is 0.200.